The third-order valence-corrected chi connectivity index (χ3v) is 5.49. The third-order valence-electron chi connectivity index (χ3n) is 4.80. The molecule has 6 nitrogen and oxygen atoms in total. The Morgan fingerprint density at radius 3 is 3.08 bits per heavy atom. The van der Waals surface area contributed by atoms with Gasteiger partial charge in [0.15, 0.2) is 5.13 Å². The van der Waals surface area contributed by atoms with Crippen molar-refractivity contribution in [1.82, 2.24) is 15.3 Å². The molecule has 2 aromatic heterocycles. The van der Waals surface area contributed by atoms with E-state index in [-0.39, 0.29) is 18.4 Å². The molecule has 134 valence electrons. The predicted octanol–water partition coefficient (Wildman–Crippen LogP) is 3.12. The van der Waals surface area contributed by atoms with Gasteiger partial charge in [-0.15, -0.1) is 11.3 Å². The molecule has 2 amide bonds. The highest BCUT2D eigenvalue weighted by Gasteiger charge is 2.22. The molecular formula is C19H20N4O2S. The smallest absolute Gasteiger partial charge is 0.253 e. The molecular weight excluding hydrogens is 348 g/mol. The number of rotatable bonds is 4. The highest BCUT2D eigenvalue weighted by atomic mass is 32.1. The quantitative estimate of drug-likeness (QED) is 0.661. The highest BCUT2D eigenvalue weighted by molar-refractivity contribution is 7.13. The van der Waals surface area contributed by atoms with Gasteiger partial charge in [0.05, 0.1) is 17.6 Å². The van der Waals surface area contributed by atoms with Gasteiger partial charge < -0.3 is 15.6 Å². The van der Waals surface area contributed by atoms with Gasteiger partial charge in [-0.2, -0.15) is 0 Å². The lowest BCUT2D eigenvalue weighted by atomic mass is 9.87. The summed E-state index contributed by atoms with van der Waals surface area (Å²) in [6.07, 6.45) is 4.84. The average Bonchev–Trinajstić information content (AvgIpc) is 3.26. The molecule has 4 rings (SSSR count). The number of carbonyl (C=O) groups excluding carboxylic acids is 2. The fourth-order valence-electron chi connectivity index (χ4n) is 3.51. The maximum Gasteiger partial charge on any atom is 0.253 e. The van der Waals surface area contributed by atoms with E-state index in [1.165, 1.54) is 22.6 Å². The van der Waals surface area contributed by atoms with Crippen LogP contribution in [0.5, 0.6) is 0 Å². The lowest BCUT2D eigenvalue weighted by Gasteiger charge is -2.17. The van der Waals surface area contributed by atoms with E-state index < -0.39 is 0 Å². The van der Waals surface area contributed by atoms with E-state index in [1.54, 1.807) is 17.6 Å². The number of anilines is 1. The van der Waals surface area contributed by atoms with Crippen LogP contribution >= 0.6 is 11.3 Å². The van der Waals surface area contributed by atoms with Crippen LogP contribution in [0.2, 0.25) is 0 Å². The van der Waals surface area contributed by atoms with Gasteiger partial charge in [0.25, 0.3) is 5.91 Å². The number of H-pyrrole nitrogens is 1. The number of aromatic nitrogens is 2. The van der Waals surface area contributed by atoms with E-state index in [2.05, 4.69) is 33.6 Å². The lowest BCUT2D eigenvalue weighted by Crippen LogP contribution is -2.32. The molecule has 0 saturated carbocycles. The first-order valence-corrected chi connectivity index (χ1v) is 9.59. The van der Waals surface area contributed by atoms with Crippen LogP contribution in [0, 0.1) is 5.92 Å². The average molecular weight is 368 g/mol. The third kappa shape index (κ3) is 3.22. The summed E-state index contributed by atoms with van der Waals surface area (Å²) in [7, 11) is 0. The molecule has 1 aliphatic carbocycles. The van der Waals surface area contributed by atoms with E-state index in [9.17, 15) is 9.59 Å². The van der Waals surface area contributed by atoms with Gasteiger partial charge in [-0.1, -0.05) is 19.1 Å². The van der Waals surface area contributed by atoms with Crippen LogP contribution < -0.4 is 10.6 Å². The molecule has 2 heterocycles. The van der Waals surface area contributed by atoms with Gasteiger partial charge in [-0.3, -0.25) is 9.59 Å². The van der Waals surface area contributed by atoms with Crippen LogP contribution in [0.25, 0.3) is 10.9 Å². The first-order chi connectivity index (χ1) is 12.6. The molecule has 0 saturated heterocycles. The first-order valence-electron chi connectivity index (χ1n) is 8.72. The second-order valence-corrected chi connectivity index (χ2v) is 7.62. The second kappa shape index (κ2) is 6.92. The zero-order valence-corrected chi connectivity index (χ0v) is 15.3. The number of aromatic amines is 1. The van der Waals surface area contributed by atoms with Crippen LogP contribution in [0.15, 0.2) is 29.8 Å². The molecule has 1 atom stereocenters. The number of amides is 2. The van der Waals surface area contributed by atoms with Gasteiger partial charge >= 0.3 is 0 Å². The molecule has 0 spiro atoms. The molecule has 0 aliphatic heterocycles. The van der Waals surface area contributed by atoms with Crippen molar-refractivity contribution in [3.8, 4) is 0 Å². The lowest BCUT2D eigenvalue weighted by molar-refractivity contribution is -0.115. The number of hydrogen-bond donors (Lipinski definition) is 3. The number of aryl methyl sites for hydroxylation is 1. The molecule has 3 N–H and O–H groups in total. The summed E-state index contributed by atoms with van der Waals surface area (Å²) in [4.78, 5) is 32.0. The standard InChI is InChI=1S/C19H20N4O2S/c1-11-5-6-15-14(9-11)12-3-2-4-13(17(12)22-15)18(25)21-10-16(24)23-19-20-7-8-26-19/h2-4,7-8,11,22H,5-6,9-10H2,1H3,(H,21,25)(H,20,23,24)/t11-/m1/s1. The van der Waals surface area contributed by atoms with Crippen LogP contribution in [-0.4, -0.2) is 28.3 Å². The Bertz CT molecular complexity index is 961. The number of thiazole rings is 1. The minimum absolute atomic E-state index is 0.0910. The Hall–Kier alpha value is -2.67. The number of benzene rings is 1. The largest absolute Gasteiger partial charge is 0.358 e. The van der Waals surface area contributed by atoms with E-state index in [1.807, 2.05) is 6.07 Å². The second-order valence-electron chi connectivity index (χ2n) is 6.73. The van der Waals surface area contributed by atoms with Crippen molar-refractivity contribution in [1.29, 1.82) is 0 Å². The van der Waals surface area contributed by atoms with E-state index in [4.69, 9.17) is 0 Å². The molecule has 7 heteroatoms. The van der Waals surface area contributed by atoms with Gasteiger partial charge in [0.1, 0.15) is 0 Å². The zero-order chi connectivity index (χ0) is 18.1. The molecule has 0 bridgehead atoms. The number of carbonyl (C=O) groups is 2. The maximum atomic E-state index is 12.6. The van der Waals surface area contributed by atoms with Crippen molar-refractivity contribution < 1.29 is 9.59 Å². The topological polar surface area (TPSA) is 86.9 Å². The van der Waals surface area contributed by atoms with Gasteiger partial charge in [0, 0.05) is 22.7 Å². The van der Waals surface area contributed by atoms with Crippen molar-refractivity contribution in [2.45, 2.75) is 26.2 Å². The molecule has 1 aliphatic rings. The number of nitrogens with zero attached hydrogens (tertiary/aromatic N) is 1. The highest BCUT2D eigenvalue weighted by Crippen LogP contribution is 2.32. The van der Waals surface area contributed by atoms with Crippen molar-refractivity contribution >= 4 is 39.2 Å². The first kappa shape index (κ1) is 16.8. The Balaban J connectivity index is 1.51. The summed E-state index contributed by atoms with van der Waals surface area (Å²) in [6, 6.07) is 5.76. The fraction of sp³-hybridized carbons (Fsp3) is 0.316. The molecule has 1 aromatic carbocycles. The summed E-state index contributed by atoms with van der Waals surface area (Å²) >= 11 is 1.34. The Morgan fingerprint density at radius 1 is 1.38 bits per heavy atom. The number of fused-ring (bicyclic) bond motifs is 3. The number of hydrogen-bond acceptors (Lipinski definition) is 4. The Kier molecular flexibility index (Phi) is 4.46. The minimum Gasteiger partial charge on any atom is -0.358 e. The molecule has 0 fully saturated rings. The Labute approximate surface area is 155 Å². The molecule has 0 unspecified atom stereocenters. The van der Waals surface area contributed by atoms with E-state index in [0.29, 0.717) is 16.6 Å². The van der Waals surface area contributed by atoms with Crippen molar-refractivity contribution in [2.75, 3.05) is 11.9 Å². The maximum absolute atomic E-state index is 12.6. The van der Waals surface area contributed by atoms with Crippen molar-refractivity contribution in [3.05, 3.63) is 46.6 Å². The van der Waals surface area contributed by atoms with Gasteiger partial charge in [0.2, 0.25) is 5.91 Å². The van der Waals surface area contributed by atoms with Crippen LogP contribution in [0.3, 0.4) is 0 Å². The normalized spacial score (nSPS) is 16.3. The monoisotopic (exact) mass is 368 g/mol. The molecule has 3 aromatic rings. The SMILES string of the molecule is C[C@@H]1CCc2[nH]c3c(C(=O)NCC(=O)Nc4nccs4)cccc3c2C1. The molecule has 0 radical (unpaired) electrons. The van der Waals surface area contributed by atoms with Gasteiger partial charge in [-0.05, 0) is 36.8 Å². The van der Waals surface area contributed by atoms with Crippen LogP contribution in [0.4, 0.5) is 5.13 Å². The van der Waals surface area contributed by atoms with E-state index >= 15 is 0 Å². The summed E-state index contributed by atoms with van der Waals surface area (Å²) in [6.45, 7) is 2.17. The zero-order valence-electron chi connectivity index (χ0n) is 14.5. The summed E-state index contributed by atoms with van der Waals surface area (Å²) < 4.78 is 0. The fourth-order valence-corrected chi connectivity index (χ4v) is 4.05. The van der Waals surface area contributed by atoms with Gasteiger partial charge in [-0.25, -0.2) is 4.98 Å². The van der Waals surface area contributed by atoms with Crippen LogP contribution in [-0.2, 0) is 17.6 Å². The molecule has 26 heavy (non-hydrogen) atoms. The summed E-state index contributed by atoms with van der Waals surface area (Å²) in [5, 5.41) is 8.78. The van der Waals surface area contributed by atoms with Crippen LogP contribution in [0.1, 0.15) is 35.0 Å². The minimum atomic E-state index is -0.292. The number of para-hydroxylation sites is 1. The summed E-state index contributed by atoms with van der Waals surface area (Å²) in [5.74, 6) is 0.116. The summed E-state index contributed by atoms with van der Waals surface area (Å²) in [5.41, 5.74) is 4.01. The predicted molar refractivity (Wildman–Crippen MR) is 103 cm³/mol. The van der Waals surface area contributed by atoms with Crippen molar-refractivity contribution in [3.63, 3.8) is 0 Å². The Morgan fingerprint density at radius 2 is 2.27 bits per heavy atom. The van der Waals surface area contributed by atoms with E-state index in [0.717, 1.165) is 30.2 Å². The number of nitrogens with one attached hydrogen (secondary N) is 3. The van der Waals surface area contributed by atoms with Crippen molar-refractivity contribution in [2.24, 2.45) is 5.92 Å².